The van der Waals surface area contributed by atoms with Crippen LogP contribution in [0.2, 0.25) is 0 Å². The molecule has 8 heteroatoms. The highest BCUT2D eigenvalue weighted by molar-refractivity contribution is 7.99. The molecule has 7 nitrogen and oxygen atoms in total. The second-order valence-electron chi connectivity index (χ2n) is 6.52. The van der Waals surface area contributed by atoms with E-state index in [1.807, 2.05) is 44.3 Å². The first-order valence-electron chi connectivity index (χ1n) is 8.87. The van der Waals surface area contributed by atoms with Gasteiger partial charge < -0.3 is 5.32 Å². The zero-order chi connectivity index (χ0) is 20.4. The topological polar surface area (TPSA) is 93.8 Å². The number of anilines is 2. The van der Waals surface area contributed by atoms with Crippen molar-refractivity contribution in [1.82, 2.24) is 15.0 Å². The summed E-state index contributed by atoms with van der Waals surface area (Å²) in [5, 5.41) is 15.0. The number of rotatable bonds is 5. The molecule has 1 N–H and O–H groups in total. The van der Waals surface area contributed by atoms with Crippen molar-refractivity contribution < 1.29 is 4.92 Å². The standard InChI is InChI=1S/C21H17N5O2S/c1-13-9-15(4-8-20(13)29-17-6-3-14(2)22-11-17)25-21-18-10-16(26(27)28)5-7-19(18)23-12-24-21/h3-12H,1-2H3,(H,23,24,25). The summed E-state index contributed by atoms with van der Waals surface area (Å²) in [6.07, 6.45) is 3.31. The largest absolute Gasteiger partial charge is 0.340 e. The van der Waals surface area contributed by atoms with Gasteiger partial charge in [-0.25, -0.2) is 9.97 Å². The molecule has 0 aliphatic rings. The third-order valence-corrected chi connectivity index (χ3v) is 5.53. The van der Waals surface area contributed by atoms with E-state index in [4.69, 9.17) is 0 Å². The van der Waals surface area contributed by atoms with Crippen molar-refractivity contribution in [3.8, 4) is 0 Å². The molecule has 0 aliphatic heterocycles. The van der Waals surface area contributed by atoms with Crippen LogP contribution in [0.3, 0.4) is 0 Å². The lowest BCUT2D eigenvalue weighted by molar-refractivity contribution is -0.384. The van der Waals surface area contributed by atoms with E-state index in [-0.39, 0.29) is 5.69 Å². The summed E-state index contributed by atoms with van der Waals surface area (Å²) < 4.78 is 0. The third kappa shape index (κ3) is 4.17. The van der Waals surface area contributed by atoms with E-state index in [2.05, 4.69) is 26.3 Å². The van der Waals surface area contributed by atoms with E-state index in [0.717, 1.165) is 26.7 Å². The molecule has 0 fully saturated rings. The van der Waals surface area contributed by atoms with Crippen LogP contribution in [0.5, 0.6) is 0 Å². The number of aromatic nitrogens is 3. The number of nitro benzene ring substituents is 1. The molecular formula is C21H17N5O2S. The van der Waals surface area contributed by atoms with Crippen molar-refractivity contribution in [2.45, 2.75) is 23.6 Å². The third-order valence-electron chi connectivity index (χ3n) is 4.38. The monoisotopic (exact) mass is 403 g/mol. The summed E-state index contributed by atoms with van der Waals surface area (Å²) in [7, 11) is 0. The number of nitrogens with one attached hydrogen (secondary N) is 1. The molecule has 2 aromatic heterocycles. The zero-order valence-electron chi connectivity index (χ0n) is 15.8. The molecule has 0 aliphatic carbocycles. The van der Waals surface area contributed by atoms with Gasteiger partial charge in [0.1, 0.15) is 12.1 Å². The van der Waals surface area contributed by atoms with Gasteiger partial charge >= 0.3 is 0 Å². The second kappa shape index (κ2) is 7.84. The predicted octanol–water partition coefficient (Wildman–Crippen LogP) is 5.44. The molecule has 29 heavy (non-hydrogen) atoms. The van der Waals surface area contributed by atoms with Crippen LogP contribution in [-0.4, -0.2) is 19.9 Å². The molecular weight excluding hydrogens is 386 g/mol. The molecule has 0 saturated carbocycles. The molecule has 0 amide bonds. The van der Waals surface area contributed by atoms with Gasteiger partial charge in [-0.15, -0.1) is 0 Å². The van der Waals surface area contributed by atoms with Gasteiger partial charge in [-0.3, -0.25) is 15.1 Å². The number of pyridine rings is 1. The summed E-state index contributed by atoms with van der Waals surface area (Å²) in [6, 6.07) is 14.6. The molecule has 4 aromatic rings. The van der Waals surface area contributed by atoms with Crippen LogP contribution < -0.4 is 5.32 Å². The highest BCUT2D eigenvalue weighted by Crippen LogP contribution is 2.33. The molecule has 4 rings (SSSR count). The van der Waals surface area contributed by atoms with Crippen LogP contribution in [0.15, 0.2) is 70.8 Å². The Morgan fingerprint density at radius 2 is 1.86 bits per heavy atom. The second-order valence-corrected chi connectivity index (χ2v) is 7.64. The van der Waals surface area contributed by atoms with Crippen molar-refractivity contribution in [3.63, 3.8) is 0 Å². The maximum Gasteiger partial charge on any atom is 0.270 e. The maximum absolute atomic E-state index is 11.1. The minimum atomic E-state index is -0.424. The molecule has 0 atom stereocenters. The number of aryl methyl sites for hydroxylation is 2. The van der Waals surface area contributed by atoms with Crippen LogP contribution >= 0.6 is 11.8 Å². The van der Waals surface area contributed by atoms with Gasteiger partial charge in [-0.2, -0.15) is 0 Å². The van der Waals surface area contributed by atoms with Gasteiger partial charge in [0, 0.05) is 44.9 Å². The van der Waals surface area contributed by atoms with E-state index in [1.165, 1.54) is 18.5 Å². The van der Waals surface area contributed by atoms with E-state index in [9.17, 15) is 10.1 Å². The number of hydrogen-bond donors (Lipinski definition) is 1. The average molecular weight is 403 g/mol. The molecule has 0 unspecified atom stereocenters. The molecule has 144 valence electrons. The Morgan fingerprint density at radius 3 is 2.59 bits per heavy atom. The Morgan fingerprint density at radius 1 is 1.00 bits per heavy atom. The Kier molecular flexibility index (Phi) is 5.09. The molecule has 0 radical (unpaired) electrons. The first-order valence-corrected chi connectivity index (χ1v) is 9.68. The molecule has 0 spiro atoms. The summed E-state index contributed by atoms with van der Waals surface area (Å²) in [4.78, 5) is 25.7. The maximum atomic E-state index is 11.1. The summed E-state index contributed by atoms with van der Waals surface area (Å²) >= 11 is 1.65. The van der Waals surface area contributed by atoms with E-state index < -0.39 is 4.92 Å². The normalized spacial score (nSPS) is 10.8. The quantitative estimate of drug-likeness (QED) is 0.350. The minimum absolute atomic E-state index is 0.00462. The number of fused-ring (bicyclic) bond motifs is 1. The molecule has 2 aromatic carbocycles. The average Bonchev–Trinajstić information content (AvgIpc) is 2.71. The fraction of sp³-hybridized carbons (Fsp3) is 0.0952. The van der Waals surface area contributed by atoms with E-state index >= 15 is 0 Å². The SMILES string of the molecule is Cc1ccc(Sc2ccc(Nc3ncnc4ccc([N+](=O)[O-])cc34)cc2C)cn1. The Labute approximate surface area is 171 Å². The molecule has 0 bridgehead atoms. The number of nitrogens with zero attached hydrogens (tertiary/aromatic N) is 4. The first-order chi connectivity index (χ1) is 14.0. The lowest BCUT2D eigenvalue weighted by Gasteiger charge is -2.11. The summed E-state index contributed by atoms with van der Waals surface area (Å²) in [5.74, 6) is 0.529. The van der Waals surface area contributed by atoms with Gasteiger partial charge in [-0.05, 0) is 55.8 Å². The van der Waals surface area contributed by atoms with Crippen molar-refractivity contribution in [2.75, 3.05) is 5.32 Å². The van der Waals surface area contributed by atoms with Crippen molar-refractivity contribution in [3.05, 3.63) is 82.4 Å². The van der Waals surface area contributed by atoms with Crippen LogP contribution in [0.4, 0.5) is 17.2 Å². The van der Waals surface area contributed by atoms with Gasteiger partial charge in [0.05, 0.1) is 10.4 Å². The van der Waals surface area contributed by atoms with E-state index in [1.54, 1.807) is 17.8 Å². The highest BCUT2D eigenvalue weighted by Gasteiger charge is 2.11. The summed E-state index contributed by atoms with van der Waals surface area (Å²) in [5.41, 5.74) is 3.59. The van der Waals surface area contributed by atoms with Crippen molar-refractivity contribution >= 4 is 39.9 Å². The highest BCUT2D eigenvalue weighted by atomic mass is 32.2. The smallest absolute Gasteiger partial charge is 0.270 e. The van der Waals surface area contributed by atoms with Crippen molar-refractivity contribution in [2.24, 2.45) is 0 Å². The Bertz CT molecular complexity index is 1210. The van der Waals surface area contributed by atoms with E-state index in [0.29, 0.717) is 16.7 Å². The summed E-state index contributed by atoms with van der Waals surface area (Å²) in [6.45, 7) is 4.00. The fourth-order valence-electron chi connectivity index (χ4n) is 2.88. The van der Waals surface area contributed by atoms with Crippen LogP contribution in [0, 0.1) is 24.0 Å². The van der Waals surface area contributed by atoms with Gasteiger partial charge in [-0.1, -0.05) is 11.8 Å². The van der Waals surface area contributed by atoms with Gasteiger partial charge in [0.15, 0.2) is 0 Å². The predicted molar refractivity (Wildman–Crippen MR) is 114 cm³/mol. The Hall–Kier alpha value is -3.52. The van der Waals surface area contributed by atoms with Crippen LogP contribution in [-0.2, 0) is 0 Å². The van der Waals surface area contributed by atoms with Gasteiger partial charge in [0.25, 0.3) is 5.69 Å². The molecule has 0 saturated heterocycles. The fourth-order valence-corrected chi connectivity index (χ4v) is 3.73. The number of hydrogen-bond acceptors (Lipinski definition) is 7. The number of nitro groups is 1. The minimum Gasteiger partial charge on any atom is -0.340 e. The zero-order valence-corrected chi connectivity index (χ0v) is 16.6. The Balaban J connectivity index is 1.61. The first kappa shape index (κ1) is 18.8. The molecule has 2 heterocycles. The van der Waals surface area contributed by atoms with Gasteiger partial charge in [0.2, 0.25) is 0 Å². The lowest BCUT2D eigenvalue weighted by atomic mass is 10.2. The number of non-ortho nitro benzene ring substituents is 1. The van der Waals surface area contributed by atoms with Crippen LogP contribution in [0.1, 0.15) is 11.3 Å². The van der Waals surface area contributed by atoms with Crippen molar-refractivity contribution in [1.29, 1.82) is 0 Å². The lowest BCUT2D eigenvalue weighted by Crippen LogP contribution is -1.97. The number of benzene rings is 2. The van der Waals surface area contributed by atoms with Crippen LogP contribution in [0.25, 0.3) is 10.9 Å².